The summed E-state index contributed by atoms with van der Waals surface area (Å²) < 4.78 is 13.5. The minimum absolute atomic E-state index is 0.153. The van der Waals surface area contributed by atoms with E-state index in [0.29, 0.717) is 5.56 Å². The van der Waals surface area contributed by atoms with E-state index in [2.05, 4.69) is 11.1 Å². The van der Waals surface area contributed by atoms with Crippen molar-refractivity contribution < 1.29 is 4.39 Å². The van der Waals surface area contributed by atoms with Crippen LogP contribution in [0.5, 0.6) is 0 Å². The summed E-state index contributed by atoms with van der Waals surface area (Å²) in [4.78, 5) is 5.26. The highest BCUT2D eigenvalue weighted by atomic mass is 32.2. The first-order chi connectivity index (χ1) is 8.74. The molecule has 0 aliphatic heterocycles. The SMILES string of the molecule is Cc1ccc(Sc2c[nH]c3ccccc23)cc1F. The van der Waals surface area contributed by atoms with Gasteiger partial charge in [-0.15, -0.1) is 0 Å². The topological polar surface area (TPSA) is 15.8 Å². The van der Waals surface area contributed by atoms with Crippen molar-refractivity contribution in [3.8, 4) is 0 Å². The Morgan fingerprint density at radius 1 is 1.11 bits per heavy atom. The molecule has 90 valence electrons. The Morgan fingerprint density at radius 3 is 2.78 bits per heavy atom. The van der Waals surface area contributed by atoms with Crippen LogP contribution in [0.3, 0.4) is 0 Å². The first kappa shape index (κ1) is 11.4. The summed E-state index contributed by atoms with van der Waals surface area (Å²) in [7, 11) is 0. The molecule has 0 fully saturated rings. The Hall–Kier alpha value is -1.74. The molecular formula is C15H12FNS. The van der Waals surface area contributed by atoms with Crippen molar-refractivity contribution in [2.24, 2.45) is 0 Å². The molecule has 1 heterocycles. The lowest BCUT2D eigenvalue weighted by molar-refractivity contribution is 0.615. The molecule has 2 aromatic carbocycles. The van der Waals surface area contributed by atoms with Crippen LogP contribution in [0, 0.1) is 12.7 Å². The summed E-state index contributed by atoms with van der Waals surface area (Å²) in [5.74, 6) is -0.153. The van der Waals surface area contributed by atoms with Gasteiger partial charge < -0.3 is 4.98 Å². The third-order valence-corrected chi connectivity index (χ3v) is 3.97. The molecule has 0 spiro atoms. The number of benzene rings is 2. The Labute approximate surface area is 109 Å². The summed E-state index contributed by atoms with van der Waals surface area (Å²) >= 11 is 1.58. The normalized spacial score (nSPS) is 11.0. The zero-order chi connectivity index (χ0) is 12.5. The van der Waals surface area contributed by atoms with Crippen molar-refractivity contribution in [3.05, 3.63) is 60.0 Å². The number of aryl methyl sites for hydroxylation is 1. The molecule has 0 unspecified atom stereocenters. The minimum Gasteiger partial charge on any atom is -0.360 e. The molecule has 0 aliphatic rings. The summed E-state index contributed by atoms with van der Waals surface area (Å²) in [6, 6.07) is 13.5. The van der Waals surface area contributed by atoms with E-state index in [1.165, 1.54) is 5.39 Å². The number of H-pyrrole nitrogens is 1. The van der Waals surface area contributed by atoms with Gasteiger partial charge in [0, 0.05) is 26.9 Å². The monoisotopic (exact) mass is 257 g/mol. The first-order valence-corrected chi connectivity index (χ1v) is 6.56. The van der Waals surface area contributed by atoms with Crippen LogP contribution in [-0.4, -0.2) is 4.98 Å². The number of hydrogen-bond acceptors (Lipinski definition) is 1. The van der Waals surface area contributed by atoms with Gasteiger partial charge in [-0.25, -0.2) is 4.39 Å². The van der Waals surface area contributed by atoms with Crippen LogP contribution in [0.15, 0.2) is 58.5 Å². The lowest BCUT2D eigenvalue weighted by Gasteiger charge is -2.02. The fourth-order valence-electron chi connectivity index (χ4n) is 1.89. The maximum atomic E-state index is 13.5. The van der Waals surface area contributed by atoms with Crippen LogP contribution in [-0.2, 0) is 0 Å². The van der Waals surface area contributed by atoms with Gasteiger partial charge >= 0.3 is 0 Å². The van der Waals surface area contributed by atoms with E-state index in [-0.39, 0.29) is 5.82 Å². The quantitative estimate of drug-likeness (QED) is 0.699. The van der Waals surface area contributed by atoms with Crippen molar-refractivity contribution in [2.45, 2.75) is 16.7 Å². The van der Waals surface area contributed by atoms with Crippen molar-refractivity contribution >= 4 is 22.7 Å². The minimum atomic E-state index is -0.153. The van der Waals surface area contributed by atoms with E-state index in [1.54, 1.807) is 24.8 Å². The molecule has 0 amide bonds. The second-order valence-electron chi connectivity index (χ2n) is 4.21. The van der Waals surface area contributed by atoms with E-state index in [4.69, 9.17) is 0 Å². The van der Waals surface area contributed by atoms with Crippen molar-refractivity contribution in [1.82, 2.24) is 4.98 Å². The maximum absolute atomic E-state index is 13.5. The van der Waals surface area contributed by atoms with Crippen molar-refractivity contribution in [1.29, 1.82) is 0 Å². The lowest BCUT2D eigenvalue weighted by Crippen LogP contribution is -1.81. The van der Waals surface area contributed by atoms with Gasteiger partial charge in [-0.1, -0.05) is 36.0 Å². The predicted molar refractivity (Wildman–Crippen MR) is 73.6 cm³/mol. The molecule has 0 atom stereocenters. The molecule has 0 radical (unpaired) electrons. The van der Waals surface area contributed by atoms with Gasteiger partial charge in [0.05, 0.1) is 0 Å². The summed E-state index contributed by atoms with van der Waals surface area (Å²) in [5.41, 5.74) is 1.78. The van der Waals surface area contributed by atoms with Crippen LogP contribution in [0.1, 0.15) is 5.56 Å². The molecule has 0 aliphatic carbocycles. The second-order valence-corrected chi connectivity index (χ2v) is 5.33. The van der Waals surface area contributed by atoms with Crippen LogP contribution in [0.25, 0.3) is 10.9 Å². The third kappa shape index (κ3) is 2.02. The average molecular weight is 257 g/mol. The Morgan fingerprint density at radius 2 is 1.94 bits per heavy atom. The van der Waals surface area contributed by atoms with Crippen molar-refractivity contribution in [2.75, 3.05) is 0 Å². The Balaban J connectivity index is 1.98. The smallest absolute Gasteiger partial charge is 0.127 e. The molecule has 0 saturated heterocycles. The highest BCUT2D eigenvalue weighted by Crippen LogP contribution is 2.33. The number of rotatable bonds is 2. The second kappa shape index (κ2) is 4.50. The number of aromatic nitrogens is 1. The molecule has 1 aromatic heterocycles. The van der Waals surface area contributed by atoms with Gasteiger partial charge in [0.15, 0.2) is 0 Å². The largest absolute Gasteiger partial charge is 0.360 e. The fraction of sp³-hybridized carbons (Fsp3) is 0.0667. The summed E-state index contributed by atoms with van der Waals surface area (Å²) in [5, 5.41) is 1.17. The van der Waals surface area contributed by atoms with Crippen LogP contribution in [0.2, 0.25) is 0 Å². The van der Waals surface area contributed by atoms with E-state index >= 15 is 0 Å². The van der Waals surface area contributed by atoms with Crippen LogP contribution < -0.4 is 0 Å². The van der Waals surface area contributed by atoms with Gasteiger partial charge in [-0.3, -0.25) is 0 Å². The number of fused-ring (bicyclic) bond motifs is 1. The Bertz CT molecular complexity index is 703. The molecule has 1 nitrogen and oxygen atoms in total. The van der Waals surface area contributed by atoms with Gasteiger partial charge in [0.25, 0.3) is 0 Å². The zero-order valence-electron chi connectivity index (χ0n) is 9.91. The first-order valence-electron chi connectivity index (χ1n) is 5.74. The van der Waals surface area contributed by atoms with E-state index in [9.17, 15) is 4.39 Å². The maximum Gasteiger partial charge on any atom is 0.127 e. The summed E-state index contributed by atoms with van der Waals surface area (Å²) in [6.07, 6.45) is 1.97. The van der Waals surface area contributed by atoms with E-state index < -0.39 is 0 Å². The highest BCUT2D eigenvalue weighted by Gasteiger charge is 2.06. The van der Waals surface area contributed by atoms with Gasteiger partial charge in [-0.05, 0) is 30.7 Å². The number of nitrogens with one attached hydrogen (secondary N) is 1. The molecule has 1 N–H and O–H groups in total. The fourth-order valence-corrected chi connectivity index (χ4v) is 2.85. The van der Waals surface area contributed by atoms with Gasteiger partial charge in [-0.2, -0.15) is 0 Å². The van der Waals surface area contributed by atoms with Crippen LogP contribution >= 0.6 is 11.8 Å². The number of hydrogen-bond donors (Lipinski definition) is 1. The molecule has 3 heteroatoms. The zero-order valence-corrected chi connectivity index (χ0v) is 10.7. The molecule has 3 aromatic rings. The molecule has 18 heavy (non-hydrogen) atoms. The molecular weight excluding hydrogens is 245 g/mol. The molecule has 3 rings (SSSR count). The highest BCUT2D eigenvalue weighted by molar-refractivity contribution is 7.99. The third-order valence-electron chi connectivity index (χ3n) is 2.92. The standard InChI is InChI=1S/C15H12FNS/c1-10-6-7-11(8-13(10)16)18-15-9-17-14-5-3-2-4-12(14)15/h2-9,17H,1H3. The van der Waals surface area contributed by atoms with Gasteiger partial charge in [0.1, 0.15) is 5.82 Å². The van der Waals surface area contributed by atoms with Crippen LogP contribution in [0.4, 0.5) is 4.39 Å². The number of halogens is 1. The number of para-hydroxylation sites is 1. The van der Waals surface area contributed by atoms with Crippen molar-refractivity contribution in [3.63, 3.8) is 0 Å². The molecule has 0 saturated carbocycles. The number of aromatic amines is 1. The molecule has 0 bridgehead atoms. The van der Waals surface area contributed by atoms with E-state index in [0.717, 1.165) is 15.3 Å². The predicted octanol–water partition coefficient (Wildman–Crippen LogP) is 4.77. The lowest BCUT2D eigenvalue weighted by atomic mass is 10.2. The summed E-state index contributed by atoms with van der Waals surface area (Å²) in [6.45, 7) is 1.77. The Kier molecular flexibility index (Phi) is 2.84. The van der Waals surface area contributed by atoms with Gasteiger partial charge in [0.2, 0.25) is 0 Å². The average Bonchev–Trinajstić information content (AvgIpc) is 2.78. The van der Waals surface area contributed by atoms with E-state index in [1.807, 2.05) is 36.5 Å².